The van der Waals surface area contributed by atoms with Gasteiger partial charge in [-0.25, -0.2) is 9.07 Å². The summed E-state index contributed by atoms with van der Waals surface area (Å²) < 4.78 is 26.0. The van der Waals surface area contributed by atoms with Gasteiger partial charge >= 0.3 is 0 Å². The predicted octanol–water partition coefficient (Wildman–Crippen LogP) is 3.84. The third-order valence-electron chi connectivity index (χ3n) is 5.69. The first-order chi connectivity index (χ1) is 17.6. The Morgan fingerprint density at radius 3 is 2.39 bits per heavy atom. The zero-order valence-electron chi connectivity index (χ0n) is 19.1. The first-order valence-corrected chi connectivity index (χ1v) is 11.2. The maximum atomic E-state index is 13.7. The van der Waals surface area contributed by atoms with E-state index in [2.05, 4.69) is 15.6 Å². The van der Waals surface area contributed by atoms with E-state index < -0.39 is 23.7 Å². The molecule has 1 N–H and O–H groups in total. The van der Waals surface area contributed by atoms with Gasteiger partial charge < -0.3 is 19.1 Å². The molecule has 3 aromatic heterocycles. The fourth-order valence-corrected chi connectivity index (χ4v) is 3.95. The normalized spacial score (nSPS) is 11.9. The van der Waals surface area contributed by atoms with Gasteiger partial charge in [0.2, 0.25) is 11.8 Å². The summed E-state index contributed by atoms with van der Waals surface area (Å²) in [4.78, 5) is 28.6. The highest BCUT2D eigenvalue weighted by atomic mass is 19.1. The van der Waals surface area contributed by atoms with Crippen molar-refractivity contribution in [2.45, 2.75) is 25.7 Å². The molecule has 1 atom stereocenters. The number of furan rings is 2. The Kier molecular flexibility index (Phi) is 6.57. The molecule has 0 fully saturated rings. The number of nitrogens with one attached hydrogen (secondary N) is 1. The summed E-state index contributed by atoms with van der Waals surface area (Å²) in [6.45, 7) is -0.0287. The van der Waals surface area contributed by atoms with Crippen molar-refractivity contribution in [1.82, 2.24) is 25.2 Å². The second-order valence-electron chi connectivity index (χ2n) is 8.09. The second kappa shape index (κ2) is 10.3. The molecular weight excluding hydrogens is 465 g/mol. The molecule has 0 spiro atoms. The van der Waals surface area contributed by atoms with Crippen molar-refractivity contribution in [3.05, 3.63) is 108 Å². The summed E-state index contributed by atoms with van der Waals surface area (Å²) in [6.07, 6.45) is 3.00. The SMILES string of the molecule is O=C(NCc1ccco1)[C@H](c1ccc(F)cc1)N(Cc1ccco1)C(=O)Cn1nnc2ccccc21. The zero-order chi connectivity index (χ0) is 24.9. The number of halogens is 1. The van der Waals surface area contributed by atoms with Crippen LogP contribution in [0.1, 0.15) is 23.1 Å². The monoisotopic (exact) mass is 487 g/mol. The molecule has 0 aliphatic rings. The van der Waals surface area contributed by atoms with Crippen LogP contribution >= 0.6 is 0 Å². The molecule has 2 amide bonds. The topological polar surface area (TPSA) is 106 Å². The van der Waals surface area contributed by atoms with Crippen molar-refractivity contribution in [3.8, 4) is 0 Å². The van der Waals surface area contributed by atoms with Crippen molar-refractivity contribution >= 4 is 22.8 Å². The highest BCUT2D eigenvalue weighted by Gasteiger charge is 2.33. The maximum Gasteiger partial charge on any atom is 0.247 e. The average Bonchev–Trinajstić information content (AvgIpc) is 3.67. The Morgan fingerprint density at radius 2 is 1.67 bits per heavy atom. The lowest BCUT2D eigenvalue weighted by Gasteiger charge is -2.30. The Hall–Kier alpha value is -4.73. The van der Waals surface area contributed by atoms with E-state index in [0.29, 0.717) is 28.1 Å². The fourth-order valence-electron chi connectivity index (χ4n) is 3.95. The Morgan fingerprint density at radius 1 is 0.944 bits per heavy atom. The molecule has 0 bridgehead atoms. The highest BCUT2D eigenvalue weighted by Crippen LogP contribution is 2.25. The Balaban J connectivity index is 1.49. The molecular formula is C26H22FN5O4. The number of carbonyl (C=O) groups is 2. The predicted molar refractivity (Wildman–Crippen MR) is 126 cm³/mol. The van der Waals surface area contributed by atoms with Gasteiger partial charge in [-0.05, 0) is 54.1 Å². The zero-order valence-corrected chi connectivity index (χ0v) is 19.1. The van der Waals surface area contributed by atoms with Gasteiger partial charge in [-0.15, -0.1) is 5.10 Å². The van der Waals surface area contributed by atoms with Gasteiger partial charge in [-0.1, -0.05) is 29.5 Å². The molecule has 0 radical (unpaired) electrons. The van der Waals surface area contributed by atoms with Crippen LogP contribution in [0, 0.1) is 5.82 Å². The minimum atomic E-state index is -1.08. The number of hydrogen-bond acceptors (Lipinski definition) is 6. The van der Waals surface area contributed by atoms with E-state index >= 15 is 0 Å². The molecule has 5 rings (SSSR count). The third kappa shape index (κ3) is 5.02. The number of benzene rings is 2. The van der Waals surface area contributed by atoms with Crippen molar-refractivity contribution in [2.75, 3.05) is 0 Å². The number of amides is 2. The molecule has 0 aliphatic carbocycles. The summed E-state index contributed by atoms with van der Waals surface area (Å²) in [7, 11) is 0. The summed E-state index contributed by atoms with van der Waals surface area (Å²) >= 11 is 0. The third-order valence-corrected chi connectivity index (χ3v) is 5.69. The van der Waals surface area contributed by atoms with Crippen LogP contribution in [-0.2, 0) is 29.2 Å². The van der Waals surface area contributed by atoms with Crippen LogP contribution in [0.3, 0.4) is 0 Å². The van der Waals surface area contributed by atoms with Gasteiger partial charge in [-0.2, -0.15) is 0 Å². The number of fused-ring (bicyclic) bond motifs is 1. The Bertz CT molecular complexity index is 1450. The van der Waals surface area contributed by atoms with Gasteiger partial charge in [0.25, 0.3) is 0 Å². The summed E-state index contributed by atoms with van der Waals surface area (Å²) in [5.74, 6) is -0.269. The molecule has 36 heavy (non-hydrogen) atoms. The average molecular weight is 487 g/mol. The van der Waals surface area contributed by atoms with Crippen LogP contribution in [-0.4, -0.2) is 31.7 Å². The molecule has 3 heterocycles. The number of aromatic nitrogens is 3. The lowest BCUT2D eigenvalue weighted by atomic mass is 10.0. The van der Waals surface area contributed by atoms with Crippen LogP contribution in [0.15, 0.2) is 94.2 Å². The molecule has 0 unspecified atom stereocenters. The summed E-state index contributed by atoms with van der Waals surface area (Å²) in [6, 6.07) is 18.5. The molecule has 0 saturated carbocycles. The lowest BCUT2D eigenvalue weighted by molar-refractivity contribution is -0.142. The van der Waals surface area contributed by atoms with E-state index in [4.69, 9.17) is 8.83 Å². The molecule has 0 saturated heterocycles. The van der Waals surface area contributed by atoms with Crippen LogP contribution in [0.4, 0.5) is 4.39 Å². The number of nitrogens with zero attached hydrogens (tertiary/aromatic N) is 4. The first-order valence-electron chi connectivity index (χ1n) is 11.2. The standard InChI is InChI=1S/C26H22FN5O4/c27-19-11-9-18(10-12-19)25(26(34)28-15-20-5-3-13-35-20)31(16-21-6-4-14-36-21)24(33)17-32-23-8-2-1-7-22(23)29-30-32/h1-14,25H,15-17H2,(H,28,34)/t25-/m0/s1. The first kappa shape index (κ1) is 23.0. The van der Waals surface area contributed by atoms with Crippen molar-refractivity contribution in [3.63, 3.8) is 0 Å². The molecule has 0 aliphatic heterocycles. The molecule has 10 heteroatoms. The number of rotatable bonds is 9. The van der Waals surface area contributed by atoms with Crippen LogP contribution in [0.5, 0.6) is 0 Å². The quantitative estimate of drug-likeness (QED) is 0.339. The van der Waals surface area contributed by atoms with Gasteiger partial charge in [-0.3, -0.25) is 9.59 Å². The number of hydrogen-bond donors (Lipinski definition) is 1. The van der Waals surface area contributed by atoms with Crippen molar-refractivity contribution in [1.29, 1.82) is 0 Å². The number of para-hydroxylation sites is 1. The molecule has 9 nitrogen and oxygen atoms in total. The van der Waals surface area contributed by atoms with E-state index in [9.17, 15) is 14.0 Å². The van der Waals surface area contributed by atoms with E-state index in [1.54, 1.807) is 30.3 Å². The van der Waals surface area contributed by atoms with Crippen molar-refractivity contribution in [2.24, 2.45) is 0 Å². The van der Waals surface area contributed by atoms with Crippen molar-refractivity contribution < 1.29 is 22.8 Å². The van der Waals surface area contributed by atoms with Crippen LogP contribution in [0.25, 0.3) is 11.0 Å². The van der Waals surface area contributed by atoms with Gasteiger partial charge in [0.1, 0.15) is 35.4 Å². The van der Waals surface area contributed by atoms with E-state index in [-0.39, 0.29) is 19.6 Å². The van der Waals surface area contributed by atoms with Crippen LogP contribution < -0.4 is 5.32 Å². The molecule has 2 aromatic carbocycles. The second-order valence-corrected chi connectivity index (χ2v) is 8.09. The minimum absolute atomic E-state index is 0.00861. The maximum absolute atomic E-state index is 13.7. The van der Waals surface area contributed by atoms with E-state index in [0.717, 1.165) is 0 Å². The molecule has 5 aromatic rings. The van der Waals surface area contributed by atoms with E-state index in [1.807, 2.05) is 18.2 Å². The Labute approximate surface area is 205 Å². The molecule has 182 valence electrons. The summed E-state index contributed by atoms with van der Waals surface area (Å²) in [5, 5.41) is 11.0. The van der Waals surface area contributed by atoms with Crippen LogP contribution in [0.2, 0.25) is 0 Å². The van der Waals surface area contributed by atoms with Gasteiger partial charge in [0, 0.05) is 0 Å². The van der Waals surface area contributed by atoms with Gasteiger partial charge in [0.15, 0.2) is 0 Å². The summed E-state index contributed by atoms with van der Waals surface area (Å²) in [5.41, 5.74) is 1.77. The fraction of sp³-hybridized carbons (Fsp3) is 0.154. The highest BCUT2D eigenvalue weighted by molar-refractivity contribution is 5.89. The smallest absolute Gasteiger partial charge is 0.247 e. The lowest BCUT2D eigenvalue weighted by Crippen LogP contribution is -2.44. The minimum Gasteiger partial charge on any atom is -0.467 e. The number of carbonyl (C=O) groups excluding carboxylic acids is 2. The largest absolute Gasteiger partial charge is 0.467 e. The van der Waals surface area contributed by atoms with E-state index in [1.165, 1.54) is 46.4 Å². The van der Waals surface area contributed by atoms with Gasteiger partial charge in [0.05, 0.1) is 31.1 Å².